The molecule has 1 aromatic carbocycles. The smallest absolute Gasteiger partial charge is 0.277 e. The van der Waals surface area contributed by atoms with E-state index in [1.807, 2.05) is 0 Å². The molecule has 0 aliphatic rings. The second-order valence-electron chi connectivity index (χ2n) is 4.85. The van der Waals surface area contributed by atoms with Gasteiger partial charge < -0.3 is 16.8 Å². The van der Waals surface area contributed by atoms with Gasteiger partial charge in [-0.05, 0) is 12.1 Å². The fraction of sp³-hybridized carbons (Fsp3) is 0.0714. The third-order valence-corrected chi connectivity index (χ3v) is 4.18. The number of anilines is 3. The second kappa shape index (κ2) is 5.89. The summed E-state index contributed by atoms with van der Waals surface area (Å²) in [6, 6.07) is 3.45. The Morgan fingerprint density at radius 1 is 1.29 bits per heavy atom. The average molecular weight is 350 g/mol. The lowest BCUT2D eigenvalue weighted by Gasteiger charge is -2.02. The van der Waals surface area contributed by atoms with Gasteiger partial charge in [-0.2, -0.15) is 5.10 Å². The maximum absolute atomic E-state index is 13.8. The number of aromatic nitrogens is 3. The molecule has 0 saturated carbocycles. The summed E-state index contributed by atoms with van der Waals surface area (Å²) in [7, 11) is 1.61. The Bertz CT molecular complexity index is 915. The number of nitrogen functional groups attached to an aromatic ring is 2. The minimum absolute atomic E-state index is 0.0209. The quantitative estimate of drug-likeness (QED) is 0.671. The van der Waals surface area contributed by atoms with E-state index in [2.05, 4.69) is 15.4 Å². The summed E-state index contributed by atoms with van der Waals surface area (Å²) < 4.78 is 29.1. The Morgan fingerprint density at radius 3 is 2.54 bits per heavy atom. The van der Waals surface area contributed by atoms with E-state index in [-0.39, 0.29) is 32.8 Å². The van der Waals surface area contributed by atoms with Gasteiger partial charge in [-0.15, -0.1) is 0 Å². The molecule has 0 fully saturated rings. The van der Waals surface area contributed by atoms with E-state index in [4.69, 9.17) is 11.5 Å². The molecule has 5 N–H and O–H groups in total. The number of hydrogen-bond acceptors (Lipinski definition) is 6. The summed E-state index contributed by atoms with van der Waals surface area (Å²) in [5, 5.41) is 6.42. The van der Waals surface area contributed by atoms with Crippen molar-refractivity contribution in [3.05, 3.63) is 41.7 Å². The molecule has 0 saturated heterocycles. The number of halogens is 2. The zero-order valence-corrected chi connectivity index (χ0v) is 13.2. The molecule has 10 heteroatoms. The number of nitrogens with two attached hydrogens (primary N) is 2. The van der Waals surface area contributed by atoms with E-state index >= 15 is 0 Å². The summed E-state index contributed by atoms with van der Waals surface area (Å²) in [5.41, 5.74) is 11.3. The SMILES string of the molecule is Cn1ncc(NC(=O)c2nc(-c3c(F)cccc3F)sc2N)c1N. The molecule has 7 nitrogen and oxygen atoms in total. The fourth-order valence-corrected chi connectivity index (χ4v) is 2.91. The normalized spacial score (nSPS) is 10.8. The van der Waals surface area contributed by atoms with Crippen LogP contribution in [0.5, 0.6) is 0 Å². The maximum Gasteiger partial charge on any atom is 0.277 e. The maximum atomic E-state index is 13.8. The molecule has 0 bridgehead atoms. The van der Waals surface area contributed by atoms with E-state index in [1.54, 1.807) is 7.05 Å². The van der Waals surface area contributed by atoms with Crippen molar-refractivity contribution in [2.24, 2.45) is 7.05 Å². The van der Waals surface area contributed by atoms with Gasteiger partial charge in [-0.1, -0.05) is 17.4 Å². The van der Waals surface area contributed by atoms with Crippen molar-refractivity contribution >= 4 is 33.8 Å². The Morgan fingerprint density at radius 2 is 1.96 bits per heavy atom. The van der Waals surface area contributed by atoms with Crippen molar-refractivity contribution in [3.63, 3.8) is 0 Å². The van der Waals surface area contributed by atoms with Crippen LogP contribution in [0.25, 0.3) is 10.6 Å². The largest absolute Gasteiger partial charge is 0.389 e. The predicted octanol–water partition coefficient (Wildman–Crippen LogP) is 2.24. The number of amides is 1. The molecule has 2 aromatic heterocycles. The second-order valence-corrected chi connectivity index (χ2v) is 5.88. The minimum Gasteiger partial charge on any atom is -0.389 e. The molecule has 0 aliphatic heterocycles. The first-order valence-corrected chi connectivity index (χ1v) is 7.49. The molecule has 0 atom stereocenters. The number of carbonyl (C=O) groups is 1. The zero-order chi connectivity index (χ0) is 17.4. The molecule has 2 heterocycles. The van der Waals surface area contributed by atoms with Gasteiger partial charge in [0.1, 0.15) is 33.1 Å². The predicted molar refractivity (Wildman–Crippen MR) is 87.5 cm³/mol. The summed E-state index contributed by atoms with van der Waals surface area (Å²) in [4.78, 5) is 16.3. The highest BCUT2D eigenvalue weighted by Gasteiger charge is 2.22. The highest BCUT2D eigenvalue weighted by Crippen LogP contribution is 2.33. The van der Waals surface area contributed by atoms with Crippen LogP contribution in [0.4, 0.5) is 25.3 Å². The molecule has 3 rings (SSSR count). The highest BCUT2D eigenvalue weighted by molar-refractivity contribution is 7.19. The van der Waals surface area contributed by atoms with Crippen LogP contribution in [0.15, 0.2) is 24.4 Å². The molecule has 124 valence electrons. The van der Waals surface area contributed by atoms with E-state index < -0.39 is 17.5 Å². The first-order chi connectivity index (χ1) is 11.4. The van der Waals surface area contributed by atoms with Gasteiger partial charge in [0.05, 0.1) is 11.8 Å². The molecule has 0 unspecified atom stereocenters. The van der Waals surface area contributed by atoms with Crippen LogP contribution in [0.1, 0.15) is 10.5 Å². The van der Waals surface area contributed by atoms with Gasteiger partial charge in [0, 0.05) is 7.05 Å². The summed E-state index contributed by atoms with van der Waals surface area (Å²) in [6.07, 6.45) is 1.37. The molecule has 0 aliphatic carbocycles. The van der Waals surface area contributed by atoms with Gasteiger partial charge in [-0.3, -0.25) is 9.48 Å². The number of aryl methyl sites for hydroxylation is 1. The number of benzene rings is 1. The molecular formula is C14H12F2N6OS. The Balaban J connectivity index is 1.94. The Kier molecular flexibility index (Phi) is 3.89. The lowest BCUT2D eigenvalue weighted by Crippen LogP contribution is -2.15. The van der Waals surface area contributed by atoms with Crippen LogP contribution in [-0.2, 0) is 7.05 Å². The standard InChI is InChI=1S/C14H12F2N6OS/c1-22-11(17)8(5-19-22)20-13(23)10-12(18)24-14(21-10)9-6(15)3-2-4-7(9)16/h2-5H,17-18H2,1H3,(H,20,23). The molecule has 3 aromatic rings. The number of nitrogens with zero attached hydrogens (tertiary/aromatic N) is 3. The topological polar surface area (TPSA) is 112 Å². The zero-order valence-electron chi connectivity index (χ0n) is 12.4. The number of thiazole rings is 1. The average Bonchev–Trinajstić information content (AvgIpc) is 3.05. The van der Waals surface area contributed by atoms with Crippen LogP contribution in [0.2, 0.25) is 0 Å². The van der Waals surface area contributed by atoms with E-state index in [0.717, 1.165) is 23.5 Å². The lowest BCUT2D eigenvalue weighted by molar-refractivity contribution is 0.102. The van der Waals surface area contributed by atoms with Crippen LogP contribution >= 0.6 is 11.3 Å². The molecule has 24 heavy (non-hydrogen) atoms. The third kappa shape index (κ3) is 2.67. The molecule has 0 spiro atoms. The van der Waals surface area contributed by atoms with E-state index in [9.17, 15) is 13.6 Å². The van der Waals surface area contributed by atoms with Gasteiger partial charge in [-0.25, -0.2) is 13.8 Å². The first kappa shape index (κ1) is 15.9. The molecule has 1 amide bonds. The van der Waals surface area contributed by atoms with Crippen molar-refractivity contribution in [2.75, 3.05) is 16.8 Å². The lowest BCUT2D eigenvalue weighted by atomic mass is 10.2. The number of rotatable bonds is 3. The molecule has 0 radical (unpaired) electrons. The minimum atomic E-state index is -0.785. The van der Waals surface area contributed by atoms with Crippen LogP contribution < -0.4 is 16.8 Å². The van der Waals surface area contributed by atoms with Crippen molar-refractivity contribution in [1.82, 2.24) is 14.8 Å². The van der Waals surface area contributed by atoms with Crippen molar-refractivity contribution < 1.29 is 13.6 Å². The Labute approximate surface area is 138 Å². The van der Waals surface area contributed by atoms with Gasteiger partial charge in [0.15, 0.2) is 5.69 Å². The van der Waals surface area contributed by atoms with Gasteiger partial charge in [0.2, 0.25) is 0 Å². The van der Waals surface area contributed by atoms with Crippen molar-refractivity contribution in [1.29, 1.82) is 0 Å². The van der Waals surface area contributed by atoms with Crippen molar-refractivity contribution in [2.45, 2.75) is 0 Å². The first-order valence-electron chi connectivity index (χ1n) is 6.68. The van der Waals surface area contributed by atoms with Gasteiger partial charge in [0.25, 0.3) is 5.91 Å². The Hall–Kier alpha value is -3.01. The van der Waals surface area contributed by atoms with Gasteiger partial charge >= 0.3 is 0 Å². The van der Waals surface area contributed by atoms with Crippen LogP contribution in [0.3, 0.4) is 0 Å². The highest BCUT2D eigenvalue weighted by atomic mass is 32.1. The molecular weight excluding hydrogens is 338 g/mol. The van der Waals surface area contributed by atoms with Crippen LogP contribution in [0, 0.1) is 11.6 Å². The van der Waals surface area contributed by atoms with E-state index in [1.165, 1.54) is 16.9 Å². The number of hydrogen-bond donors (Lipinski definition) is 3. The summed E-state index contributed by atoms with van der Waals surface area (Å²) >= 11 is 0.818. The van der Waals surface area contributed by atoms with E-state index in [0.29, 0.717) is 0 Å². The number of carbonyl (C=O) groups excluding carboxylic acids is 1. The monoisotopic (exact) mass is 350 g/mol. The summed E-state index contributed by atoms with van der Waals surface area (Å²) in [5.74, 6) is -1.97. The fourth-order valence-electron chi connectivity index (χ4n) is 2.03. The third-order valence-electron chi connectivity index (χ3n) is 3.28. The summed E-state index contributed by atoms with van der Waals surface area (Å²) in [6.45, 7) is 0. The van der Waals surface area contributed by atoms with Crippen molar-refractivity contribution in [3.8, 4) is 10.6 Å². The van der Waals surface area contributed by atoms with Crippen LogP contribution in [-0.4, -0.2) is 20.7 Å². The number of nitrogens with one attached hydrogen (secondary N) is 1.